The Morgan fingerprint density at radius 2 is 2.05 bits per heavy atom. The topological polar surface area (TPSA) is 113 Å². The molecule has 1 heterocycles. The summed E-state index contributed by atoms with van der Waals surface area (Å²) in [7, 11) is -3.14. The fraction of sp³-hybridized carbons (Fsp3) is 0.462. The van der Waals surface area contributed by atoms with E-state index in [0.29, 0.717) is 38.0 Å². The number of aryl methyl sites for hydroxylation is 1. The van der Waals surface area contributed by atoms with Crippen molar-refractivity contribution in [3.63, 3.8) is 0 Å². The molecule has 0 unspecified atom stereocenters. The number of amides is 1. The lowest BCUT2D eigenvalue weighted by Crippen LogP contribution is -2.24. The molecule has 1 aliphatic rings. The van der Waals surface area contributed by atoms with E-state index in [-0.39, 0.29) is 5.91 Å². The van der Waals surface area contributed by atoms with E-state index < -0.39 is 10.0 Å². The fourth-order valence-corrected chi connectivity index (χ4v) is 2.68. The first-order valence-electron chi connectivity index (χ1n) is 6.76. The molecule has 1 aromatic carbocycles. The van der Waals surface area contributed by atoms with Gasteiger partial charge in [-0.3, -0.25) is 4.79 Å². The summed E-state index contributed by atoms with van der Waals surface area (Å²) in [5.74, 6) is 0.00876. The van der Waals surface area contributed by atoms with Gasteiger partial charge in [-0.2, -0.15) is 0 Å². The molecule has 0 aliphatic carbocycles. The highest BCUT2D eigenvalue weighted by molar-refractivity contribution is 7.88. The van der Waals surface area contributed by atoms with Crippen LogP contribution in [0.2, 0.25) is 0 Å². The minimum atomic E-state index is -3.14. The quantitative estimate of drug-likeness (QED) is 0.451. The van der Waals surface area contributed by atoms with Crippen LogP contribution in [0.5, 0.6) is 0 Å². The van der Waals surface area contributed by atoms with Gasteiger partial charge in [-0.25, -0.2) is 13.1 Å². The third-order valence-electron chi connectivity index (χ3n) is 3.20. The van der Waals surface area contributed by atoms with Crippen LogP contribution in [0.3, 0.4) is 0 Å². The Morgan fingerprint density at radius 1 is 1.29 bits per heavy atom. The number of anilines is 3. The van der Waals surface area contributed by atoms with Gasteiger partial charge in [0.25, 0.3) is 0 Å². The van der Waals surface area contributed by atoms with Gasteiger partial charge in [-0.1, -0.05) is 0 Å². The maximum absolute atomic E-state index is 11.3. The second-order valence-electron chi connectivity index (χ2n) is 5.09. The summed E-state index contributed by atoms with van der Waals surface area (Å²) >= 11 is 0. The van der Waals surface area contributed by atoms with Crippen molar-refractivity contribution in [3.8, 4) is 0 Å². The van der Waals surface area contributed by atoms with Crippen LogP contribution >= 0.6 is 0 Å². The first-order valence-corrected chi connectivity index (χ1v) is 8.65. The minimum Gasteiger partial charge on any atom is -0.397 e. The van der Waals surface area contributed by atoms with Crippen LogP contribution in [-0.4, -0.2) is 33.7 Å². The number of nitrogens with two attached hydrogens (primary N) is 1. The molecule has 116 valence electrons. The molecule has 2 rings (SSSR count). The number of hydrogen-bond acceptors (Lipinski definition) is 5. The largest absolute Gasteiger partial charge is 0.397 e. The molecule has 0 spiro atoms. The highest BCUT2D eigenvalue weighted by Crippen LogP contribution is 2.30. The van der Waals surface area contributed by atoms with Gasteiger partial charge in [0.2, 0.25) is 15.9 Å². The number of hydrogen-bond donors (Lipinski definition) is 4. The fourth-order valence-electron chi connectivity index (χ4n) is 2.17. The average Bonchev–Trinajstić information content (AvgIpc) is 2.37. The van der Waals surface area contributed by atoms with Gasteiger partial charge in [0, 0.05) is 25.2 Å². The number of benzene rings is 1. The Hall–Kier alpha value is -1.80. The van der Waals surface area contributed by atoms with Crippen molar-refractivity contribution in [2.45, 2.75) is 19.3 Å². The maximum atomic E-state index is 11.3. The van der Waals surface area contributed by atoms with E-state index in [1.54, 1.807) is 6.07 Å². The molecule has 1 aromatic rings. The van der Waals surface area contributed by atoms with Gasteiger partial charge in [0.15, 0.2) is 0 Å². The predicted molar refractivity (Wildman–Crippen MR) is 83.8 cm³/mol. The summed E-state index contributed by atoms with van der Waals surface area (Å²) in [5, 5.41) is 5.99. The highest BCUT2D eigenvalue weighted by Gasteiger charge is 2.16. The Kier molecular flexibility index (Phi) is 4.69. The maximum Gasteiger partial charge on any atom is 0.224 e. The summed E-state index contributed by atoms with van der Waals surface area (Å²) in [6, 6.07) is 3.69. The Balaban J connectivity index is 1.91. The van der Waals surface area contributed by atoms with E-state index in [1.807, 2.05) is 6.07 Å². The number of rotatable bonds is 6. The van der Waals surface area contributed by atoms with Crippen LogP contribution in [0, 0.1) is 0 Å². The van der Waals surface area contributed by atoms with Gasteiger partial charge < -0.3 is 16.4 Å². The van der Waals surface area contributed by atoms with Crippen molar-refractivity contribution < 1.29 is 13.2 Å². The Labute approximate surface area is 124 Å². The molecule has 1 amide bonds. The molecule has 0 radical (unpaired) electrons. The summed E-state index contributed by atoms with van der Waals surface area (Å²) in [6.07, 6.45) is 2.97. The molecule has 0 saturated heterocycles. The van der Waals surface area contributed by atoms with Gasteiger partial charge in [-0.05, 0) is 30.5 Å². The highest BCUT2D eigenvalue weighted by atomic mass is 32.2. The van der Waals surface area contributed by atoms with Gasteiger partial charge in [0.1, 0.15) is 0 Å². The molecule has 0 bridgehead atoms. The van der Waals surface area contributed by atoms with Crippen molar-refractivity contribution in [2.75, 3.05) is 35.7 Å². The molecule has 7 nitrogen and oxygen atoms in total. The zero-order valence-electron chi connectivity index (χ0n) is 11.9. The molecular weight excluding hydrogens is 292 g/mol. The second kappa shape index (κ2) is 6.31. The molecule has 0 saturated carbocycles. The SMILES string of the molecule is CS(=O)(=O)NCCCNc1cc2c(cc1N)NC(=O)CC2. The molecule has 8 heteroatoms. The number of carbonyl (C=O) groups is 1. The van der Waals surface area contributed by atoms with Crippen LogP contribution in [0.1, 0.15) is 18.4 Å². The monoisotopic (exact) mass is 312 g/mol. The number of nitrogen functional groups attached to an aromatic ring is 1. The lowest BCUT2D eigenvalue weighted by molar-refractivity contribution is -0.116. The third-order valence-corrected chi connectivity index (χ3v) is 3.93. The Bertz CT molecular complexity index is 643. The molecular formula is C13H20N4O3S. The van der Waals surface area contributed by atoms with Crippen LogP contribution in [-0.2, 0) is 21.2 Å². The number of fused-ring (bicyclic) bond motifs is 1. The van der Waals surface area contributed by atoms with E-state index in [4.69, 9.17) is 5.73 Å². The number of nitrogens with one attached hydrogen (secondary N) is 3. The first kappa shape index (κ1) is 15.6. The van der Waals surface area contributed by atoms with Crippen LogP contribution in [0.15, 0.2) is 12.1 Å². The molecule has 21 heavy (non-hydrogen) atoms. The van der Waals surface area contributed by atoms with E-state index in [0.717, 1.165) is 23.2 Å². The molecule has 0 fully saturated rings. The third kappa shape index (κ3) is 4.61. The second-order valence-corrected chi connectivity index (χ2v) is 6.92. The van der Waals surface area contributed by atoms with Crippen LogP contribution in [0.4, 0.5) is 17.1 Å². The zero-order valence-corrected chi connectivity index (χ0v) is 12.7. The summed E-state index contributed by atoms with van der Waals surface area (Å²) in [4.78, 5) is 11.3. The van der Waals surface area contributed by atoms with Crippen molar-refractivity contribution in [1.29, 1.82) is 0 Å². The summed E-state index contributed by atoms with van der Waals surface area (Å²) in [6.45, 7) is 0.991. The van der Waals surface area contributed by atoms with Crippen molar-refractivity contribution in [3.05, 3.63) is 17.7 Å². The average molecular weight is 312 g/mol. The number of sulfonamides is 1. The lowest BCUT2D eigenvalue weighted by atomic mass is 10.0. The molecule has 5 N–H and O–H groups in total. The van der Waals surface area contributed by atoms with E-state index in [2.05, 4.69) is 15.4 Å². The zero-order chi connectivity index (χ0) is 15.5. The molecule has 0 aromatic heterocycles. The van der Waals surface area contributed by atoms with Crippen molar-refractivity contribution >= 4 is 33.0 Å². The van der Waals surface area contributed by atoms with Crippen LogP contribution in [0.25, 0.3) is 0 Å². The normalized spacial score (nSPS) is 14.4. The molecule has 0 atom stereocenters. The van der Waals surface area contributed by atoms with Gasteiger partial charge >= 0.3 is 0 Å². The smallest absolute Gasteiger partial charge is 0.224 e. The first-order chi connectivity index (χ1) is 9.85. The number of carbonyl (C=O) groups excluding carboxylic acids is 1. The minimum absolute atomic E-state index is 0.00876. The van der Waals surface area contributed by atoms with E-state index in [9.17, 15) is 13.2 Å². The standard InChI is InChI=1S/C13H20N4O3S/c1-21(19,20)16-6-2-5-15-12-7-9-3-4-13(18)17-11(9)8-10(12)14/h7-8,15-16H,2-6,14H2,1H3,(H,17,18). The van der Waals surface area contributed by atoms with Crippen molar-refractivity contribution in [1.82, 2.24) is 4.72 Å². The van der Waals surface area contributed by atoms with E-state index in [1.165, 1.54) is 0 Å². The Morgan fingerprint density at radius 3 is 2.76 bits per heavy atom. The van der Waals surface area contributed by atoms with E-state index >= 15 is 0 Å². The summed E-state index contributed by atoms with van der Waals surface area (Å²) < 4.78 is 24.3. The van der Waals surface area contributed by atoms with Gasteiger partial charge in [-0.15, -0.1) is 0 Å². The van der Waals surface area contributed by atoms with Crippen molar-refractivity contribution in [2.24, 2.45) is 0 Å². The summed E-state index contributed by atoms with van der Waals surface area (Å²) in [5.41, 5.74) is 9.15. The molecule has 1 aliphatic heterocycles. The van der Waals surface area contributed by atoms with Crippen LogP contribution < -0.4 is 21.1 Å². The lowest BCUT2D eigenvalue weighted by Gasteiger charge is -2.19. The van der Waals surface area contributed by atoms with Gasteiger partial charge in [0.05, 0.1) is 17.6 Å². The predicted octanol–water partition coefficient (Wildman–Crippen LogP) is 0.505.